The summed E-state index contributed by atoms with van der Waals surface area (Å²) in [5.74, 6) is 2.25. The monoisotopic (exact) mass is 261 g/mol. The highest BCUT2D eigenvalue weighted by molar-refractivity contribution is 5.77. The zero-order chi connectivity index (χ0) is 13.4. The third-order valence-corrected chi connectivity index (χ3v) is 4.30. The van der Waals surface area contributed by atoms with Crippen molar-refractivity contribution in [3.05, 3.63) is 23.3 Å². The molecule has 1 aromatic rings. The van der Waals surface area contributed by atoms with E-state index in [1.165, 1.54) is 11.1 Å². The molecule has 0 saturated carbocycles. The second-order valence-electron chi connectivity index (χ2n) is 5.23. The van der Waals surface area contributed by atoms with Gasteiger partial charge in [-0.15, -0.1) is 0 Å². The van der Waals surface area contributed by atoms with Crippen LogP contribution in [0.3, 0.4) is 0 Å². The molecule has 4 heteroatoms. The minimum Gasteiger partial charge on any atom is -0.493 e. The van der Waals surface area contributed by atoms with Gasteiger partial charge in [0.15, 0.2) is 11.5 Å². The molecule has 0 aromatic heterocycles. The van der Waals surface area contributed by atoms with Crippen LogP contribution in [0.5, 0.6) is 11.5 Å². The van der Waals surface area contributed by atoms with Gasteiger partial charge in [-0.2, -0.15) is 0 Å². The SMILES string of the molecule is COc1ccc2c(c1OC)CCC1NC(=O)CCC21. The van der Waals surface area contributed by atoms with Crippen molar-refractivity contribution in [1.82, 2.24) is 5.32 Å². The fraction of sp³-hybridized carbons (Fsp3) is 0.533. The first-order valence-electron chi connectivity index (χ1n) is 6.77. The molecule has 0 spiro atoms. The number of nitrogens with one attached hydrogen (secondary N) is 1. The number of fused-ring (bicyclic) bond motifs is 3. The molecule has 102 valence electrons. The minimum absolute atomic E-state index is 0.185. The average Bonchev–Trinajstić information content (AvgIpc) is 2.45. The van der Waals surface area contributed by atoms with Crippen LogP contribution in [0, 0.1) is 0 Å². The Morgan fingerprint density at radius 1 is 1.16 bits per heavy atom. The van der Waals surface area contributed by atoms with Crippen LogP contribution in [0.1, 0.15) is 36.3 Å². The summed E-state index contributed by atoms with van der Waals surface area (Å²) in [6.07, 6.45) is 3.46. The number of hydrogen-bond donors (Lipinski definition) is 1. The molecular weight excluding hydrogens is 242 g/mol. The van der Waals surface area contributed by atoms with E-state index in [-0.39, 0.29) is 11.9 Å². The molecule has 4 nitrogen and oxygen atoms in total. The number of rotatable bonds is 2. The van der Waals surface area contributed by atoms with Crippen LogP contribution < -0.4 is 14.8 Å². The molecular formula is C15H19NO3. The summed E-state index contributed by atoms with van der Waals surface area (Å²) >= 11 is 0. The molecule has 1 aliphatic heterocycles. The van der Waals surface area contributed by atoms with E-state index in [1.807, 2.05) is 6.07 Å². The fourth-order valence-corrected chi connectivity index (χ4v) is 3.42. The number of piperidine rings is 1. The van der Waals surface area contributed by atoms with Crippen molar-refractivity contribution >= 4 is 5.91 Å². The van der Waals surface area contributed by atoms with Crippen molar-refractivity contribution in [2.75, 3.05) is 14.2 Å². The van der Waals surface area contributed by atoms with Crippen LogP contribution in [-0.2, 0) is 11.2 Å². The quantitative estimate of drug-likeness (QED) is 0.886. The zero-order valence-electron chi connectivity index (χ0n) is 11.4. The van der Waals surface area contributed by atoms with E-state index < -0.39 is 0 Å². The fourth-order valence-electron chi connectivity index (χ4n) is 3.42. The van der Waals surface area contributed by atoms with E-state index >= 15 is 0 Å². The van der Waals surface area contributed by atoms with Crippen LogP contribution in [0.25, 0.3) is 0 Å². The first-order valence-corrected chi connectivity index (χ1v) is 6.77. The maximum absolute atomic E-state index is 11.5. The van der Waals surface area contributed by atoms with Gasteiger partial charge in [-0.25, -0.2) is 0 Å². The van der Waals surface area contributed by atoms with Crippen LogP contribution >= 0.6 is 0 Å². The molecule has 2 aliphatic rings. The second kappa shape index (κ2) is 4.76. The molecule has 1 N–H and O–H groups in total. The molecule has 3 rings (SSSR count). The Bertz CT molecular complexity index is 512. The summed E-state index contributed by atoms with van der Waals surface area (Å²) in [6.45, 7) is 0. The van der Waals surface area contributed by atoms with Crippen LogP contribution in [-0.4, -0.2) is 26.2 Å². The molecule has 2 unspecified atom stereocenters. The van der Waals surface area contributed by atoms with Gasteiger partial charge in [0, 0.05) is 23.9 Å². The number of hydrogen-bond acceptors (Lipinski definition) is 3. The molecule has 1 aliphatic carbocycles. The molecule has 1 aromatic carbocycles. The number of ether oxygens (including phenoxy) is 2. The molecule has 0 radical (unpaired) electrons. The highest BCUT2D eigenvalue weighted by Crippen LogP contribution is 2.44. The Morgan fingerprint density at radius 3 is 2.74 bits per heavy atom. The van der Waals surface area contributed by atoms with Gasteiger partial charge in [-0.3, -0.25) is 4.79 Å². The summed E-state index contributed by atoms with van der Waals surface area (Å²) in [5, 5.41) is 3.11. The highest BCUT2D eigenvalue weighted by atomic mass is 16.5. The molecule has 1 heterocycles. The largest absolute Gasteiger partial charge is 0.493 e. The lowest BCUT2D eigenvalue weighted by molar-refractivity contribution is -0.123. The van der Waals surface area contributed by atoms with Gasteiger partial charge in [0.05, 0.1) is 14.2 Å². The second-order valence-corrected chi connectivity index (χ2v) is 5.23. The van der Waals surface area contributed by atoms with Gasteiger partial charge >= 0.3 is 0 Å². The Kier molecular flexibility index (Phi) is 3.09. The molecule has 19 heavy (non-hydrogen) atoms. The Labute approximate surface area is 113 Å². The Morgan fingerprint density at radius 2 is 2.00 bits per heavy atom. The summed E-state index contributed by atoms with van der Waals surface area (Å²) in [6, 6.07) is 4.38. The summed E-state index contributed by atoms with van der Waals surface area (Å²) < 4.78 is 10.9. The molecule has 1 amide bonds. The molecule has 0 bridgehead atoms. The number of amides is 1. The van der Waals surface area contributed by atoms with Gasteiger partial charge in [-0.1, -0.05) is 6.07 Å². The lowest BCUT2D eigenvalue weighted by Gasteiger charge is -2.38. The lowest BCUT2D eigenvalue weighted by atomic mass is 9.75. The maximum atomic E-state index is 11.5. The smallest absolute Gasteiger partial charge is 0.220 e. The third kappa shape index (κ3) is 1.95. The van der Waals surface area contributed by atoms with E-state index in [2.05, 4.69) is 11.4 Å². The van der Waals surface area contributed by atoms with E-state index in [0.29, 0.717) is 12.3 Å². The first kappa shape index (κ1) is 12.3. The van der Waals surface area contributed by atoms with Crippen molar-refractivity contribution in [3.63, 3.8) is 0 Å². The number of benzene rings is 1. The normalized spacial score (nSPS) is 25.1. The van der Waals surface area contributed by atoms with Gasteiger partial charge in [0.2, 0.25) is 5.91 Å². The van der Waals surface area contributed by atoms with E-state index in [9.17, 15) is 4.79 Å². The van der Waals surface area contributed by atoms with Crippen molar-refractivity contribution in [3.8, 4) is 11.5 Å². The maximum Gasteiger partial charge on any atom is 0.220 e. The molecule has 2 atom stereocenters. The van der Waals surface area contributed by atoms with E-state index in [0.717, 1.165) is 30.8 Å². The van der Waals surface area contributed by atoms with Gasteiger partial charge < -0.3 is 14.8 Å². The molecule has 1 saturated heterocycles. The van der Waals surface area contributed by atoms with Crippen molar-refractivity contribution in [2.45, 2.75) is 37.6 Å². The summed E-state index contributed by atoms with van der Waals surface area (Å²) in [5.41, 5.74) is 2.56. The van der Waals surface area contributed by atoms with Crippen LogP contribution in [0.15, 0.2) is 12.1 Å². The number of carbonyl (C=O) groups is 1. The topological polar surface area (TPSA) is 47.6 Å². The van der Waals surface area contributed by atoms with Crippen LogP contribution in [0.2, 0.25) is 0 Å². The first-order chi connectivity index (χ1) is 9.24. The lowest BCUT2D eigenvalue weighted by Crippen LogP contribution is -2.45. The predicted molar refractivity (Wildman–Crippen MR) is 71.8 cm³/mol. The van der Waals surface area contributed by atoms with Gasteiger partial charge in [-0.05, 0) is 30.9 Å². The predicted octanol–water partition coefficient (Wildman–Crippen LogP) is 2.01. The third-order valence-electron chi connectivity index (χ3n) is 4.30. The Hall–Kier alpha value is -1.71. The average molecular weight is 261 g/mol. The summed E-state index contributed by atoms with van der Waals surface area (Å²) in [4.78, 5) is 11.5. The number of carbonyl (C=O) groups excluding carboxylic acids is 1. The van der Waals surface area contributed by atoms with Crippen molar-refractivity contribution in [1.29, 1.82) is 0 Å². The van der Waals surface area contributed by atoms with Crippen molar-refractivity contribution < 1.29 is 14.3 Å². The van der Waals surface area contributed by atoms with Crippen LogP contribution in [0.4, 0.5) is 0 Å². The van der Waals surface area contributed by atoms with Gasteiger partial charge in [0.25, 0.3) is 0 Å². The number of methoxy groups -OCH3 is 2. The van der Waals surface area contributed by atoms with E-state index in [4.69, 9.17) is 9.47 Å². The standard InChI is InChI=1S/C15H19NO3/c1-18-13-7-4-9-10-5-8-14(17)16-12(10)6-3-11(9)15(13)19-2/h4,7,10,12H,3,5-6,8H2,1-2H3,(H,16,17). The molecule has 1 fully saturated rings. The minimum atomic E-state index is 0.185. The van der Waals surface area contributed by atoms with Gasteiger partial charge in [0.1, 0.15) is 0 Å². The summed E-state index contributed by atoms with van der Waals surface area (Å²) in [7, 11) is 3.35. The zero-order valence-corrected chi connectivity index (χ0v) is 11.4. The Balaban J connectivity index is 2.02. The van der Waals surface area contributed by atoms with Crippen molar-refractivity contribution in [2.24, 2.45) is 0 Å². The highest BCUT2D eigenvalue weighted by Gasteiger charge is 2.35. The van der Waals surface area contributed by atoms with E-state index in [1.54, 1.807) is 14.2 Å².